The molecule has 0 radical (unpaired) electrons. The van der Waals surface area contributed by atoms with Crippen molar-refractivity contribution in [3.63, 3.8) is 0 Å². The molecule has 2 aliphatic heterocycles. The molecule has 1 aromatic rings. The van der Waals surface area contributed by atoms with Crippen molar-refractivity contribution in [1.29, 1.82) is 0 Å². The van der Waals surface area contributed by atoms with Crippen LogP contribution >= 0.6 is 0 Å². The van der Waals surface area contributed by atoms with Crippen molar-refractivity contribution in [2.75, 3.05) is 25.9 Å². The maximum atomic E-state index is 12.1. The van der Waals surface area contributed by atoms with Crippen LogP contribution in [0.15, 0.2) is 12.5 Å². The number of aromatic nitrogens is 2. The topological polar surface area (TPSA) is 58.4 Å². The number of sulfonamides is 1. The summed E-state index contributed by atoms with van der Waals surface area (Å²) in [5.74, 6) is 0. The summed E-state index contributed by atoms with van der Waals surface area (Å²) >= 11 is 0. The molecule has 3 rings (SSSR count). The molecule has 0 saturated carbocycles. The molecule has 21 heavy (non-hydrogen) atoms. The van der Waals surface area contributed by atoms with Gasteiger partial charge in [0.2, 0.25) is 10.0 Å². The van der Waals surface area contributed by atoms with Gasteiger partial charge in [0.25, 0.3) is 0 Å². The van der Waals surface area contributed by atoms with Crippen LogP contribution in [-0.4, -0.2) is 58.6 Å². The van der Waals surface area contributed by atoms with E-state index in [1.54, 1.807) is 4.31 Å². The minimum Gasteiger partial charge on any atom is -0.337 e. The third kappa shape index (κ3) is 2.86. The normalized spacial score (nSPS) is 28.5. The molecule has 0 unspecified atom stereocenters. The Morgan fingerprint density at radius 3 is 2.62 bits per heavy atom. The molecule has 1 spiro atoms. The van der Waals surface area contributed by atoms with Gasteiger partial charge in [-0.1, -0.05) is 0 Å². The van der Waals surface area contributed by atoms with Crippen molar-refractivity contribution < 1.29 is 8.42 Å². The summed E-state index contributed by atoms with van der Waals surface area (Å²) in [6.07, 6.45) is 9.07. The van der Waals surface area contributed by atoms with Crippen molar-refractivity contribution in [2.24, 2.45) is 7.05 Å². The summed E-state index contributed by atoms with van der Waals surface area (Å²) in [6, 6.07) is 0. The molecule has 1 atom stereocenters. The molecule has 2 fully saturated rings. The molecule has 3 heterocycles. The number of aryl methyl sites for hydroxylation is 1. The van der Waals surface area contributed by atoms with Crippen LogP contribution in [0.4, 0.5) is 0 Å². The minimum atomic E-state index is -3.12. The van der Waals surface area contributed by atoms with Crippen LogP contribution in [-0.2, 0) is 23.6 Å². The minimum absolute atomic E-state index is 0.176. The Bertz CT molecular complexity index is 612. The number of imidazole rings is 1. The van der Waals surface area contributed by atoms with E-state index >= 15 is 0 Å². The maximum Gasteiger partial charge on any atom is 0.211 e. The van der Waals surface area contributed by atoms with E-state index in [1.807, 2.05) is 24.1 Å². The fourth-order valence-electron chi connectivity index (χ4n) is 3.95. The third-order valence-corrected chi connectivity index (χ3v) is 6.24. The van der Waals surface area contributed by atoms with Gasteiger partial charge in [-0.05, 0) is 32.2 Å². The van der Waals surface area contributed by atoms with Gasteiger partial charge in [0.1, 0.15) is 0 Å². The second kappa shape index (κ2) is 5.37. The molecule has 6 nitrogen and oxygen atoms in total. The third-order valence-electron chi connectivity index (χ3n) is 4.87. The second-order valence-corrected chi connectivity index (χ2v) is 8.38. The van der Waals surface area contributed by atoms with Gasteiger partial charge in [-0.25, -0.2) is 13.4 Å². The van der Waals surface area contributed by atoms with Gasteiger partial charge in [-0.3, -0.25) is 4.90 Å². The van der Waals surface area contributed by atoms with Gasteiger partial charge >= 0.3 is 0 Å². The van der Waals surface area contributed by atoms with Crippen molar-refractivity contribution in [3.8, 4) is 0 Å². The fourth-order valence-corrected chi connectivity index (χ4v) is 5.35. The number of rotatable bonds is 3. The Morgan fingerprint density at radius 1 is 1.29 bits per heavy atom. The highest BCUT2D eigenvalue weighted by atomic mass is 32.2. The number of piperidine rings is 1. The van der Waals surface area contributed by atoms with Gasteiger partial charge in [-0.15, -0.1) is 0 Å². The van der Waals surface area contributed by atoms with Gasteiger partial charge in [0, 0.05) is 38.4 Å². The Morgan fingerprint density at radius 2 is 2.00 bits per heavy atom. The van der Waals surface area contributed by atoms with Crippen molar-refractivity contribution in [3.05, 3.63) is 18.2 Å². The van der Waals surface area contributed by atoms with E-state index in [-0.39, 0.29) is 5.54 Å². The molecule has 0 amide bonds. The predicted molar refractivity (Wildman–Crippen MR) is 81.2 cm³/mol. The lowest BCUT2D eigenvalue weighted by Crippen LogP contribution is -2.56. The summed E-state index contributed by atoms with van der Waals surface area (Å²) < 4.78 is 27.9. The van der Waals surface area contributed by atoms with Crippen molar-refractivity contribution in [2.45, 2.75) is 37.8 Å². The largest absolute Gasteiger partial charge is 0.337 e. The molecule has 118 valence electrons. The standard InChI is InChI=1S/C14H24N4O2S/c1-16-12-15-9-13(16)10-17-7-3-5-14(11-17)6-4-8-18(14)21(2,19)20/h9,12H,3-8,10-11H2,1-2H3/t14-/m1/s1. The molecular weight excluding hydrogens is 288 g/mol. The second-order valence-electron chi connectivity index (χ2n) is 6.47. The molecule has 0 aromatic carbocycles. The first kappa shape index (κ1) is 15.0. The van der Waals surface area contributed by atoms with Crippen LogP contribution in [0.5, 0.6) is 0 Å². The van der Waals surface area contributed by atoms with E-state index in [4.69, 9.17) is 0 Å². The van der Waals surface area contributed by atoms with Gasteiger partial charge in [-0.2, -0.15) is 4.31 Å². The Balaban J connectivity index is 1.77. The zero-order valence-electron chi connectivity index (χ0n) is 12.8. The Hall–Kier alpha value is -0.920. The molecule has 1 aromatic heterocycles. The predicted octanol–water partition coefficient (Wildman–Crippen LogP) is 0.810. The van der Waals surface area contributed by atoms with Crippen molar-refractivity contribution in [1.82, 2.24) is 18.8 Å². The average molecular weight is 312 g/mol. The zero-order chi connectivity index (χ0) is 15.1. The molecule has 0 bridgehead atoms. The number of likely N-dealkylation sites (tertiary alicyclic amines) is 1. The van der Waals surface area contributed by atoms with Crippen molar-refractivity contribution >= 4 is 10.0 Å². The average Bonchev–Trinajstić information content (AvgIpc) is 2.97. The van der Waals surface area contributed by atoms with E-state index in [1.165, 1.54) is 11.9 Å². The fraction of sp³-hybridized carbons (Fsp3) is 0.786. The van der Waals surface area contributed by atoms with Gasteiger partial charge in [0.05, 0.1) is 18.3 Å². The highest BCUT2D eigenvalue weighted by molar-refractivity contribution is 7.88. The number of hydrogen-bond acceptors (Lipinski definition) is 4. The highest BCUT2D eigenvalue weighted by Crippen LogP contribution is 2.39. The van der Waals surface area contributed by atoms with Gasteiger partial charge < -0.3 is 4.57 Å². The lowest BCUT2D eigenvalue weighted by molar-refractivity contribution is 0.0827. The molecule has 0 aliphatic carbocycles. The van der Waals surface area contributed by atoms with Crippen LogP contribution in [0.2, 0.25) is 0 Å². The molecule has 7 heteroatoms. The van der Waals surface area contributed by atoms with Crippen LogP contribution in [0.1, 0.15) is 31.4 Å². The Kier molecular flexibility index (Phi) is 3.83. The summed E-state index contributed by atoms with van der Waals surface area (Å²) in [7, 11) is -1.11. The Labute approximate surface area is 126 Å². The van der Waals surface area contributed by atoms with E-state index < -0.39 is 10.0 Å². The highest BCUT2D eigenvalue weighted by Gasteiger charge is 2.47. The first-order chi connectivity index (χ1) is 9.91. The smallest absolute Gasteiger partial charge is 0.211 e. The lowest BCUT2D eigenvalue weighted by atomic mass is 9.87. The summed E-state index contributed by atoms with van der Waals surface area (Å²) in [6.45, 7) is 3.39. The number of nitrogens with zero attached hydrogens (tertiary/aromatic N) is 4. The van der Waals surface area contributed by atoms with Crippen LogP contribution < -0.4 is 0 Å². The van der Waals surface area contributed by atoms with Gasteiger partial charge in [0.15, 0.2) is 0 Å². The zero-order valence-corrected chi connectivity index (χ0v) is 13.6. The summed E-state index contributed by atoms with van der Waals surface area (Å²) in [5, 5.41) is 0. The van der Waals surface area contributed by atoms with Crippen LogP contribution in [0.25, 0.3) is 0 Å². The molecule has 2 aliphatic rings. The molecular formula is C14H24N4O2S. The van der Waals surface area contributed by atoms with E-state index in [0.29, 0.717) is 6.54 Å². The summed E-state index contributed by atoms with van der Waals surface area (Å²) in [4.78, 5) is 6.54. The SMILES string of the molecule is Cn1cncc1CN1CCC[C@@]2(CCCN2S(C)(=O)=O)C1. The van der Waals surface area contributed by atoms with E-state index in [0.717, 1.165) is 45.3 Å². The van der Waals surface area contributed by atoms with Crippen LogP contribution in [0, 0.1) is 0 Å². The first-order valence-corrected chi connectivity index (χ1v) is 9.41. The molecule has 0 N–H and O–H groups in total. The summed E-state index contributed by atoms with van der Waals surface area (Å²) in [5.41, 5.74) is 1.00. The van der Waals surface area contributed by atoms with Crippen LogP contribution in [0.3, 0.4) is 0 Å². The first-order valence-electron chi connectivity index (χ1n) is 7.56. The van der Waals surface area contributed by atoms with E-state index in [9.17, 15) is 8.42 Å². The monoisotopic (exact) mass is 312 g/mol. The maximum absolute atomic E-state index is 12.1. The van der Waals surface area contributed by atoms with E-state index in [2.05, 4.69) is 9.88 Å². The molecule has 2 saturated heterocycles. The lowest BCUT2D eigenvalue weighted by Gasteiger charge is -2.44. The quantitative estimate of drug-likeness (QED) is 0.829. The number of hydrogen-bond donors (Lipinski definition) is 0.